The van der Waals surface area contributed by atoms with Crippen molar-refractivity contribution in [3.63, 3.8) is 0 Å². The lowest BCUT2D eigenvalue weighted by molar-refractivity contribution is 0.595. The van der Waals surface area contributed by atoms with E-state index in [0.29, 0.717) is 15.6 Å². The van der Waals surface area contributed by atoms with E-state index in [4.69, 9.17) is 23.2 Å². The zero-order chi connectivity index (χ0) is 16.8. The molecule has 0 unspecified atom stereocenters. The van der Waals surface area contributed by atoms with Crippen LogP contribution in [0, 0.1) is 5.82 Å². The molecule has 0 aliphatic rings. The third-order valence-corrected chi connectivity index (χ3v) is 6.45. The SMILES string of the molecule is Cn1/c(=N/S(=O)(=O)c2ccc(F)cc2)sc2ccc(Cl)c(Cl)c21. The molecule has 1 aromatic heterocycles. The Morgan fingerprint density at radius 2 is 1.78 bits per heavy atom. The molecule has 23 heavy (non-hydrogen) atoms. The Bertz CT molecular complexity index is 1070. The van der Waals surface area contributed by atoms with Crippen molar-refractivity contribution >= 4 is 54.8 Å². The van der Waals surface area contributed by atoms with E-state index in [2.05, 4.69) is 4.40 Å². The summed E-state index contributed by atoms with van der Waals surface area (Å²) in [5.74, 6) is -0.516. The number of benzene rings is 2. The Labute approximate surface area is 145 Å². The maximum absolute atomic E-state index is 12.9. The molecule has 0 amide bonds. The second kappa shape index (κ2) is 5.90. The van der Waals surface area contributed by atoms with Gasteiger partial charge in [0.1, 0.15) is 5.82 Å². The van der Waals surface area contributed by atoms with Crippen LogP contribution in [0.2, 0.25) is 10.0 Å². The molecule has 0 bridgehead atoms. The van der Waals surface area contributed by atoms with Crippen molar-refractivity contribution in [3.05, 3.63) is 57.1 Å². The van der Waals surface area contributed by atoms with Crippen molar-refractivity contribution in [1.82, 2.24) is 4.57 Å². The van der Waals surface area contributed by atoms with Gasteiger partial charge in [-0.2, -0.15) is 8.42 Å². The van der Waals surface area contributed by atoms with E-state index in [9.17, 15) is 12.8 Å². The predicted molar refractivity (Wildman–Crippen MR) is 90.0 cm³/mol. The van der Waals surface area contributed by atoms with Crippen LogP contribution in [0.1, 0.15) is 0 Å². The van der Waals surface area contributed by atoms with E-state index < -0.39 is 15.8 Å². The van der Waals surface area contributed by atoms with E-state index in [1.165, 1.54) is 23.5 Å². The van der Waals surface area contributed by atoms with Crippen LogP contribution in [-0.2, 0) is 17.1 Å². The second-order valence-electron chi connectivity index (χ2n) is 4.67. The van der Waals surface area contributed by atoms with Crippen molar-refractivity contribution in [3.8, 4) is 0 Å². The molecule has 0 spiro atoms. The van der Waals surface area contributed by atoms with Crippen LogP contribution in [0.4, 0.5) is 4.39 Å². The average molecular weight is 391 g/mol. The van der Waals surface area contributed by atoms with Gasteiger partial charge in [-0.1, -0.05) is 34.5 Å². The van der Waals surface area contributed by atoms with Gasteiger partial charge in [0.05, 0.1) is 25.2 Å². The molecule has 3 aromatic rings. The number of hydrogen-bond acceptors (Lipinski definition) is 3. The lowest BCUT2D eigenvalue weighted by Crippen LogP contribution is -2.13. The minimum atomic E-state index is -3.95. The minimum absolute atomic E-state index is 0.0829. The summed E-state index contributed by atoms with van der Waals surface area (Å²) < 4.78 is 43.8. The summed E-state index contributed by atoms with van der Waals surface area (Å²) in [5.41, 5.74) is 0.609. The Hall–Kier alpha value is -1.41. The number of rotatable bonds is 2. The molecule has 1 heterocycles. The summed E-state index contributed by atoms with van der Waals surface area (Å²) in [4.78, 5) is 0.161. The quantitative estimate of drug-likeness (QED) is 0.664. The number of hydrogen-bond donors (Lipinski definition) is 0. The first-order valence-corrected chi connectivity index (χ1v) is 9.31. The third kappa shape index (κ3) is 3.01. The fourth-order valence-electron chi connectivity index (χ4n) is 2.02. The molecular weight excluding hydrogens is 382 g/mol. The summed E-state index contributed by atoms with van der Waals surface area (Å²) >= 11 is 13.3. The fourth-order valence-corrected chi connectivity index (χ4v) is 4.78. The second-order valence-corrected chi connectivity index (χ2v) is 8.07. The number of sulfonamides is 1. The first kappa shape index (κ1) is 16.4. The lowest BCUT2D eigenvalue weighted by Gasteiger charge is -2.01. The predicted octanol–water partition coefficient (Wildman–Crippen LogP) is 3.98. The number of nitrogens with zero attached hydrogens (tertiary/aromatic N) is 2. The van der Waals surface area contributed by atoms with Crippen LogP contribution in [0.25, 0.3) is 10.2 Å². The first-order valence-electron chi connectivity index (χ1n) is 6.30. The van der Waals surface area contributed by atoms with Gasteiger partial charge in [-0.15, -0.1) is 4.40 Å². The van der Waals surface area contributed by atoms with Crippen LogP contribution < -0.4 is 4.80 Å². The molecule has 0 radical (unpaired) electrons. The highest BCUT2D eigenvalue weighted by molar-refractivity contribution is 7.90. The smallest absolute Gasteiger partial charge is 0.285 e. The Balaban J connectivity index is 2.23. The lowest BCUT2D eigenvalue weighted by atomic mass is 10.3. The van der Waals surface area contributed by atoms with E-state index in [1.807, 2.05) is 0 Å². The average Bonchev–Trinajstić information content (AvgIpc) is 2.80. The molecule has 0 saturated heterocycles. The number of thiazole rings is 1. The minimum Gasteiger partial charge on any atom is -0.318 e. The zero-order valence-electron chi connectivity index (χ0n) is 11.6. The fraction of sp³-hybridized carbons (Fsp3) is 0.0714. The van der Waals surface area contributed by atoms with E-state index >= 15 is 0 Å². The summed E-state index contributed by atoms with van der Waals surface area (Å²) in [6.07, 6.45) is 0. The van der Waals surface area contributed by atoms with Crippen LogP contribution >= 0.6 is 34.5 Å². The van der Waals surface area contributed by atoms with Gasteiger partial charge in [-0.3, -0.25) is 0 Å². The standard InChI is InChI=1S/C14H9Cl2FN2O2S2/c1-19-13-11(7-6-10(15)12(13)16)22-14(19)18-23(20,21)9-4-2-8(17)3-5-9/h2-7H,1H3/b18-14-. The molecule has 2 aromatic carbocycles. The molecule has 0 fully saturated rings. The van der Waals surface area contributed by atoms with Crippen LogP contribution in [0.15, 0.2) is 45.7 Å². The summed E-state index contributed by atoms with van der Waals surface area (Å²) in [5, 5.41) is 0.712. The van der Waals surface area contributed by atoms with Crippen LogP contribution in [0.3, 0.4) is 0 Å². The van der Waals surface area contributed by atoms with Gasteiger partial charge in [0.25, 0.3) is 10.0 Å². The highest BCUT2D eigenvalue weighted by atomic mass is 35.5. The number of aromatic nitrogens is 1. The van der Waals surface area contributed by atoms with E-state index in [-0.39, 0.29) is 9.70 Å². The molecular formula is C14H9Cl2FN2O2S2. The summed E-state index contributed by atoms with van der Waals surface area (Å²) in [6.45, 7) is 0. The molecule has 0 N–H and O–H groups in total. The molecule has 9 heteroatoms. The molecule has 0 aliphatic heterocycles. The summed E-state index contributed by atoms with van der Waals surface area (Å²) in [7, 11) is -2.30. The maximum atomic E-state index is 12.9. The molecule has 0 saturated carbocycles. The highest BCUT2D eigenvalue weighted by Gasteiger charge is 2.15. The van der Waals surface area contributed by atoms with Gasteiger partial charge in [0.15, 0.2) is 0 Å². The van der Waals surface area contributed by atoms with Gasteiger partial charge >= 0.3 is 0 Å². The molecule has 0 atom stereocenters. The Kier molecular flexibility index (Phi) is 4.22. The summed E-state index contributed by atoms with van der Waals surface area (Å²) in [6, 6.07) is 7.88. The molecule has 0 aliphatic carbocycles. The van der Waals surface area contributed by atoms with Gasteiger partial charge in [0.2, 0.25) is 4.80 Å². The van der Waals surface area contributed by atoms with Crippen molar-refractivity contribution in [1.29, 1.82) is 0 Å². The third-order valence-electron chi connectivity index (χ3n) is 3.17. The monoisotopic (exact) mass is 390 g/mol. The largest absolute Gasteiger partial charge is 0.318 e. The molecule has 120 valence electrons. The molecule has 3 rings (SSSR count). The van der Waals surface area contributed by atoms with Crippen molar-refractivity contribution in [2.45, 2.75) is 4.90 Å². The maximum Gasteiger partial charge on any atom is 0.285 e. The topological polar surface area (TPSA) is 51.4 Å². The van der Waals surface area contributed by atoms with Gasteiger partial charge in [-0.05, 0) is 36.4 Å². The van der Waals surface area contributed by atoms with Gasteiger partial charge in [-0.25, -0.2) is 4.39 Å². The van der Waals surface area contributed by atoms with Crippen LogP contribution in [-0.4, -0.2) is 13.0 Å². The van der Waals surface area contributed by atoms with E-state index in [0.717, 1.165) is 16.8 Å². The van der Waals surface area contributed by atoms with Crippen molar-refractivity contribution in [2.24, 2.45) is 11.4 Å². The van der Waals surface area contributed by atoms with E-state index in [1.54, 1.807) is 23.7 Å². The number of fused-ring (bicyclic) bond motifs is 1. The van der Waals surface area contributed by atoms with Crippen molar-refractivity contribution in [2.75, 3.05) is 0 Å². The first-order chi connectivity index (χ1) is 10.8. The molecule has 4 nitrogen and oxygen atoms in total. The van der Waals surface area contributed by atoms with Crippen LogP contribution in [0.5, 0.6) is 0 Å². The Morgan fingerprint density at radius 3 is 2.43 bits per heavy atom. The number of aryl methyl sites for hydroxylation is 1. The zero-order valence-corrected chi connectivity index (χ0v) is 14.8. The Morgan fingerprint density at radius 1 is 1.13 bits per heavy atom. The number of halogens is 3. The highest BCUT2D eigenvalue weighted by Crippen LogP contribution is 2.31. The van der Waals surface area contributed by atoms with Gasteiger partial charge in [0, 0.05) is 7.05 Å². The normalized spacial score (nSPS) is 13.0. The van der Waals surface area contributed by atoms with Crippen molar-refractivity contribution < 1.29 is 12.8 Å². The van der Waals surface area contributed by atoms with Gasteiger partial charge < -0.3 is 4.57 Å².